The summed E-state index contributed by atoms with van der Waals surface area (Å²) in [4.78, 5) is 25.7. The molecule has 1 atom stereocenters. The maximum Gasteiger partial charge on any atom is 0.266 e. The zero-order valence-corrected chi connectivity index (χ0v) is 19.4. The molecular formula is C20H21Cl2N3O3S2. The lowest BCUT2D eigenvalue weighted by molar-refractivity contribution is -0.125. The number of carbonyl (C=O) groups excluding carboxylic acids is 2. The number of thiophene rings is 1. The molecule has 30 heavy (non-hydrogen) atoms. The summed E-state index contributed by atoms with van der Waals surface area (Å²) in [5.74, 6) is -0.627. The molecule has 160 valence electrons. The number of ether oxygens (including phenoxy) is 1. The highest BCUT2D eigenvalue weighted by Gasteiger charge is 2.24. The van der Waals surface area contributed by atoms with Crippen molar-refractivity contribution < 1.29 is 14.3 Å². The Morgan fingerprint density at radius 2 is 1.97 bits per heavy atom. The van der Waals surface area contributed by atoms with Gasteiger partial charge in [-0.2, -0.15) is 0 Å². The zero-order chi connectivity index (χ0) is 21.8. The van der Waals surface area contributed by atoms with Crippen LogP contribution in [0.3, 0.4) is 0 Å². The van der Waals surface area contributed by atoms with E-state index in [-0.39, 0.29) is 5.11 Å². The molecule has 1 aromatic carbocycles. The van der Waals surface area contributed by atoms with Gasteiger partial charge in [0.25, 0.3) is 11.8 Å². The number of halogens is 2. The van der Waals surface area contributed by atoms with Crippen LogP contribution in [0.15, 0.2) is 18.2 Å². The molecule has 10 heteroatoms. The smallest absolute Gasteiger partial charge is 0.266 e. The molecule has 2 amide bonds. The van der Waals surface area contributed by atoms with E-state index in [4.69, 9.17) is 45.9 Å². The lowest BCUT2D eigenvalue weighted by Gasteiger charge is -2.16. The molecule has 3 rings (SSSR count). The molecule has 0 saturated carbocycles. The van der Waals surface area contributed by atoms with Crippen molar-refractivity contribution in [2.45, 2.75) is 45.1 Å². The van der Waals surface area contributed by atoms with Crippen molar-refractivity contribution >= 4 is 68.7 Å². The fourth-order valence-corrected chi connectivity index (χ4v) is 5.27. The van der Waals surface area contributed by atoms with Gasteiger partial charge in [0.1, 0.15) is 10.8 Å². The minimum Gasteiger partial charge on any atom is -0.479 e. The van der Waals surface area contributed by atoms with Gasteiger partial charge in [-0.25, -0.2) is 0 Å². The first kappa shape index (κ1) is 22.8. The Balaban J connectivity index is 1.66. The van der Waals surface area contributed by atoms with Gasteiger partial charge >= 0.3 is 0 Å². The van der Waals surface area contributed by atoms with E-state index < -0.39 is 17.9 Å². The summed E-state index contributed by atoms with van der Waals surface area (Å²) in [7, 11) is 0. The summed E-state index contributed by atoms with van der Waals surface area (Å²) < 4.78 is 5.59. The molecule has 0 fully saturated rings. The summed E-state index contributed by atoms with van der Waals surface area (Å²) in [6.45, 7) is 1.57. The fraction of sp³-hybridized carbons (Fsp3) is 0.350. The first-order valence-electron chi connectivity index (χ1n) is 9.44. The topological polar surface area (TPSA) is 93.4 Å². The number of carbonyl (C=O) groups is 2. The number of hydrogen-bond acceptors (Lipinski definition) is 5. The van der Waals surface area contributed by atoms with Crippen LogP contribution in [0.5, 0.6) is 5.75 Å². The van der Waals surface area contributed by atoms with Gasteiger partial charge in [0.2, 0.25) is 0 Å². The second kappa shape index (κ2) is 9.96. The summed E-state index contributed by atoms with van der Waals surface area (Å²) >= 11 is 18.7. The van der Waals surface area contributed by atoms with Crippen LogP contribution in [0.1, 0.15) is 47.0 Å². The highest BCUT2D eigenvalue weighted by atomic mass is 35.5. The van der Waals surface area contributed by atoms with Crippen molar-refractivity contribution in [2.24, 2.45) is 5.73 Å². The first-order valence-corrected chi connectivity index (χ1v) is 11.4. The third kappa shape index (κ3) is 5.43. The van der Waals surface area contributed by atoms with Gasteiger partial charge in [-0.1, -0.05) is 29.6 Å². The van der Waals surface area contributed by atoms with E-state index in [1.165, 1.54) is 17.4 Å². The number of amides is 2. The molecule has 2 aromatic rings. The van der Waals surface area contributed by atoms with Gasteiger partial charge in [0, 0.05) is 9.90 Å². The van der Waals surface area contributed by atoms with Gasteiger partial charge in [-0.05, 0) is 68.6 Å². The normalized spacial score (nSPS) is 14.2. The van der Waals surface area contributed by atoms with Crippen LogP contribution in [-0.4, -0.2) is 23.0 Å². The number of nitrogens with two attached hydrogens (primary N) is 1. The van der Waals surface area contributed by atoms with Crippen LogP contribution in [0.25, 0.3) is 0 Å². The summed E-state index contributed by atoms with van der Waals surface area (Å²) in [6, 6.07) is 4.73. The number of primary amides is 1. The minimum atomic E-state index is -0.862. The van der Waals surface area contributed by atoms with Crippen LogP contribution < -0.4 is 21.1 Å². The molecule has 6 nitrogen and oxygen atoms in total. The van der Waals surface area contributed by atoms with Crippen LogP contribution >= 0.6 is 46.8 Å². The molecule has 0 saturated heterocycles. The maximum absolute atomic E-state index is 12.5. The second-order valence-electron chi connectivity index (χ2n) is 6.91. The highest BCUT2D eigenvalue weighted by Crippen LogP contribution is 2.37. The van der Waals surface area contributed by atoms with Gasteiger partial charge in [-0.3, -0.25) is 14.9 Å². The van der Waals surface area contributed by atoms with Crippen molar-refractivity contribution in [3.63, 3.8) is 0 Å². The summed E-state index contributed by atoms with van der Waals surface area (Å²) in [5.41, 5.74) is 7.08. The molecule has 1 aliphatic rings. The Labute approximate surface area is 194 Å². The molecule has 1 heterocycles. The van der Waals surface area contributed by atoms with E-state index in [0.717, 1.165) is 42.5 Å². The van der Waals surface area contributed by atoms with Gasteiger partial charge in [0.05, 0.1) is 10.6 Å². The van der Waals surface area contributed by atoms with Crippen LogP contribution in [0.4, 0.5) is 5.00 Å². The molecule has 0 bridgehead atoms. The Morgan fingerprint density at radius 1 is 1.23 bits per heavy atom. The van der Waals surface area contributed by atoms with Crippen LogP contribution in [-0.2, 0) is 17.6 Å². The van der Waals surface area contributed by atoms with Crippen molar-refractivity contribution in [3.05, 3.63) is 44.2 Å². The third-order valence-electron chi connectivity index (χ3n) is 4.70. The number of nitrogens with one attached hydrogen (secondary N) is 2. The number of anilines is 1. The van der Waals surface area contributed by atoms with E-state index in [2.05, 4.69) is 10.6 Å². The number of fused-ring (bicyclic) bond motifs is 1. The molecule has 1 aliphatic carbocycles. The van der Waals surface area contributed by atoms with E-state index >= 15 is 0 Å². The van der Waals surface area contributed by atoms with Crippen LogP contribution in [0, 0.1) is 0 Å². The fourth-order valence-electron chi connectivity index (χ4n) is 3.25. The Bertz CT molecular complexity index is 994. The van der Waals surface area contributed by atoms with Gasteiger partial charge in [-0.15, -0.1) is 11.3 Å². The van der Waals surface area contributed by atoms with Crippen LogP contribution in [0.2, 0.25) is 10.0 Å². The summed E-state index contributed by atoms with van der Waals surface area (Å²) in [6.07, 6.45) is 4.10. The molecule has 0 unspecified atom stereocenters. The number of hydrogen-bond donors (Lipinski definition) is 3. The average Bonchev–Trinajstić information content (AvgIpc) is 2.84. The minimum absolute atomic E-state index is 0.0663. The SMILES string of the molecule is C[C@H](Oc1ccc(Cl)cc1Cl)C(=O)NC(=S)Nc1sc2c(c1C(N)=O)CCCCC2. The van der Waals surface area contributed by atoms with Crippen molar-refractivity contribution in [1.29, 1.82) is 0 Å². The van der Waals surface area contributed by atoms with Crippen molar-refractivity contribution in [1.82, 2.24) is 5.32 Å². The molecule has 0 aliphatic heterocycles. The Hall–Kier alpha value is -1.87. The standard InChI is InChI=1S/C20H21Cl2N3O3S2/c1-10(28-14-8-7-11(21)9-13(14)22)18(27)24-20(29)25-19-16(17(23)26)12-5-3-2-4-6-15(12)30-19/h7-10H,2-6H2,1H3,(H2,23,26)(H2,24,25,27,29)/t10-/m0/s1. The first-order chi connectivity index (χ1) is 14.3. The zero-order valence-electron chi connectivity index (χ0n) is 16.2. The Morgan fingerprint density at radius 3 is 2.67 bits per heavy atom. The van der Waals surface area contributed by atoms with E-state index in [0.29, 0.717) is 26.4 Å². The third-order valence-corrected chi connectivity index (χ3v) is 6.64. The Kier molecular flexibility index (Phi) is 7.57. The quantitative estimate of drug-likeness (QED) is 0.421. The number of benzene rings is 1. The monoisotopic (exact) mass is 485 g/mol. The lowest BCUT2D eigenvalue weighted by atomic mass is 10.1. The van der Waals surface area contributed by atoms with E-state index in [1.54, 1.807) is 19.1 Å². The second-order valence-corrected chi connectivity index (χ2v) is 9.27. The molecule has 4 N–H and O–H groups in total. The predicted molar refractivity (Wildman–Crippen MR) is 125 cm³/mol. The van der Waals surface area contributed by atoms with Crippen molar-refractivity contribution in [2.75, 3.05) is 5.32 Å². The number of thiocarbonyl (C=S) groups is 1. The summed E-state index contributed by atoms with van der Waals surface area (Å²) in [5, 5.41) is 6.93. The van der Waals surface area contributed by atoms with E-state index in [9.17, 15) is 9.59 Å². The van der Waals surface area contributed by atoms with Gasteiger partial charge < -0.3 is 15.8 Å². The maximum atomic E-state index is 12.5. The molecule has 0 radical (unpaired) electrons. The highest BCUT2D eigenvalue weighted by molar-refractivity contribution is 7.80. The lowest BCUT2D eigenvalue weighted by Crippen LogP contribution is -2.42. The molecule has 0 spiro atoms. The van der Waals surface area contributed by atoms with E-state index in [1.807, 2.05) is 0 Å². The average molecular weight is 486 g/mol. The molecule has 1 aromatic heterocycles. The largest absolute Gasteiger partial charge is 0.479 e. The van der Waals surface area contributed by atoms with Crippen molar-refractivity contribution in [3.8, 4) is 5.75 Å². The number of rotatable bonds is 5. The predicted octanol–water partition coefficient (Wildman–Crippen LogP) is 4.70. The molecular weight excluding hydrogens is 465 g/mol. The number of aryl methyl sites for hydroxylation is 1. The van der Waals surface area contributed by atoms with Gasteiger partial charge in [0.15, 0.2) is 11.2 Å².